The van der Waals surface area contributed by atoms with Crippen molar-refractivity contribution in [2.75, 3.05) is 12.4 Å². The maximum atomic E-state index is 5.41. The Kier molecular flexibility index (Phi) is 4.74. The predicted octanol–water partition coefficient (Wildman–Crippen LogP) is 4.34. The van der Waals surface area contributed by atoms with E-state index in [1.54, 1.807) is 7.11 Å². The summed E-state index contributed by atoms with van der Waals surface area (Å²) in [5, 5.41) is 9.42. The van der Waals surface area contributed by atoms with E-state index in [1.165, 1.54) is 5.39 Å². The molecule has 23 heavy (non-hydrogen) atoms. The normalized spacial score (nSPS) is 10.3. The van der Waals surface area contributed by atoms with Crippen LogP contribution in [0.3, 0.4) is 0 Å². The molecule has 0 spiro atoms. The Hall–Kier alpha value is -2.59. The minimum absolute atomic E-state index is 0.590. The van der Waals surface area contributed by atoms with E-state index in [-0.39, 0.29) is 0 Å². The number of methoxy groups -OCH3 is 1. The van der Waals surface area contributed by atoms with Crippen LogP contribution < -0.4 is 15.4 Å². The lowest BCUT2D eigenvalue weighted by Crippen LogP contribution is -2.28. The van der Waals surface area contributed by atoms with Crippen LogP contribution in [0, 0.1) is 0 Å². The predicted molar refractivity (Wildman–Crippen MR) is 100 cm³/mol. The van der Waals surface area contributed by atoms with Crippen molar-refractivity contribution in [1.29, 1.82) is 0 Å². The van der Waals surface area contributed by atoms with Crippen LogP contribution in [0.4, 0.5) is 5.69 Å². The molecule has 0 fully saturated rings. The van der Waals surface area contributed by atoms with Crippen molar-refractivity contribution in [3.63, 3.8) is 0 Å². The number of fused-ring (bicyclic) bond motifs is 1. The summed E-state index contributed by atoms with van der Waals surface area (Å²) in [6.07, 6.45) is 0. The number of para-hydroxylation sites is 1. The number of hydrogen-bond acceptors (Lipinski definition) is 2. The van der Waals surface area contributed by atoms with E-state index in [0.29, 0.717) is 11.7 Å². The largest absolute Gasteiger partial charge is 0.496 e. The van der Waals surface area contributed by atoms with Gasteiger partial charge >= 0.3 is 0 Å². The molecule has 0 unspecified atom stereocenters. The van der Waals surface area contributed by atoms with Crippen molar-refractivity contribution < 1.29 is 4.74 Å². The molecule has 0 aromatic heterocycles. The van der Waals surface area contributed by atoms with Crippen molar-refractivity contribution in [3.05, 3.63) is 72.3 Å². The zero-order chi connectivity index (χ0) is 16.1. The summed E-state index contributed by atoms with van der Waals surface area (Å²) < 4.78 is 5.35. The maximum Gasteiger partial charge on any atom is 0.171 e. The van der Waals surface area contributed by atoms with E-state index in [9.17, 15) is 0 Å². The fraction of sp³-hybridized carbons (Fsp3) is 0.105. The van der Waals surface area contributed by atoms with Crippen LogP contribution in [0.15, 0.2) is 66.7 Å². The average molecular weight is 322 g/mol. The van der Waals surface area contributed by atoms with Gasteiger partial charge in [0.2, 0.25) is 0 Å². The lowest BCUT2D eigenvalue weighted by molar-refractivity contribution is 0.409. The van der Waals surface area contributed by atoms with Crippen molar-refractivity contribution >= 4 is 33.8 Å². The average Bonchev–Trinajstić information content (AvgIpc) is 2.60. The summed E-state index contributed by atoms with van der Waals surface area (Å²) in [7, 11) is 1.67. The molecule has 0 aliphatic heterocycles. The minimum atomic E-state index is 0.590. The van der Waals surface area contributed by atoms with Crippen LogP contribution in [0.5, 0.6) is 5.75 Å². The van der Waals surface area contributed by atoms with Gasteiger partial charge in [0.05, 0.1) is 7.11 Å². The van der Waals surface area contributed by atoms with Crippen molar-refractivity contribution in [1.82, 2.24) is 5.32 Å². The molecule has 3 aromatic carbocycles. The molecule has 3 aromatic rings. The topological polar surface area (TPSA) is 33.3 Å². The highest BCUT2D eigenvalue weighted by atomic mass is 32.1. The molecular weight excluding hydrogens is 304 g/mol. The molecule has 0 aliphatic rings. The van der Waals surface area contributed by atoms with E-state index >= 15 is 0 Å². The monoisotopic (exact) mass is 322 g/mol. The Bertz CT molecular complexity index is 827. The van der Waals surface area contributed by atoms with Crippen molar-refractivity contribution in [3.8, 4) is 5.75 Å². The molecular formula is C19H18N2OS. The SMILES string of the molecule is COc1ccccc1CNC(=S)Nc1cccc2ccccc12. The molecule has 116 valence electrons. The molecule has 2 N–H and O–H groups in total. The van der Waals surface area contributed by atoms with Crippen LogP contribution in [-0.4, -0.2) is 12.2 Å². The molecule has 0 saturated carbocycles. The number of ether oxygens (including phenoxy) is 1. The zero-order valence-corrected chi connectivity index (χ0v) is 13.7. The van der Waals surface area contributed by atoms with Gasteiger partial charge in [0.15, 0.2) is 5.11 Å². The van der Waals surface area contributed by atoms with Gasteiger partial charge < -0.3 is 15.4 Å². The quantitative estimate of drug-likeness (QED) is 0.700. The fourth-order valence-corrected chi connectivity index (χ4v) is 2.71. The van der Waals surface area contributed by atoms with Crippen LogP contribution in [0.25, 0.3) is 10.8 Å². The number of nitrogens with one attached hydrogen (secondary N) is 2. The first-order valence-electron chi connectivity index (χ1n) is 7.42. The van der Waals surface area contributed by atoms with Gasteiger partial charge in [-0.2, -0.15) is 0 Å². The second-order valence-corrected chi connectivity index (χ2v) is 5.55. The van der Waals surface area contributed by atoms with Gasteiger partial charge in [-0.05, 0) is 29.7 Å². The van der Waals surface area contributed by atoms with Gasteiger partial charge in [-0.15, -0.1) is 0 Å². The van der Waals surface area contributed by atoms with Crippen LogP contribution in [0.2, 0.25) is 0 Å². The van der Waals surface area contributed by atoms with Crippen molar-refractivity contribution in [2.45, 2.75) is 6.54 Å². The van der Waals surface area contributed by atoms with E-state index < -0.39 is 0 Å². The molecule has 0 saturated heterocycles. The van der Waals surface area contributed by atoms with Gasteiger partial charge in [0, 0.05) is 23.2 Å². The number of rotatable bonds is 4. The number of hydrogen-bond donors (Lipinski definition) is 2. The lowest BCUT2D eigenvalue weighted by atomic mass is 10.1. The first-order chi connectivity index (χ1) is 11.3. The minimum Gasteiger partial charge on any atom is -0.496 e. The van der Waals surface area contributed by atoms with Gasteiger partial charge in [-0.25, -0.2) is 0 Å². The van der Waals surface area contributed by atoms with Crippen LogP contribution in [0.1, 0.15) is 5.56 Å². The third kappa shape index (κ3) is 3.60. The smallest absolute Gasteiger partial charge is 0.171 e. The second kappa shape index (κ2) is 7.11. The molecule has 0 atom stereocenters. The maximum absolute atomic E-state index is 5.41. The Morgan fingerprint density at radius 3 is 2.57 bits per heavy atom. The summed E-state index contributed by atoms with van der Waals surface area (Å²) in [5.74, 6) is 0.855. The summed E-state index contributed by atoms with van der Waals surface area (Å²) in [5.41, 5.74) is 2.07. The lowest BCUT2D eigenvalue weighted by Gasteiger charge is -2.14. The molecule has 4 heteroatoms. The van der Waals surface area contributed by atoms with E-state index in [0.717, 1.165) is 22.4 Å². The third-order valence-electron chi connectivity index (χ3n) is 3.67. The Morgan fingerprint density at radius 1 is 0.957 bits per heavy atom. The molecule has 0 radical (unpaired) electrons. The highest BCUT2D eigenvalue weighted by Gasteiger charge is 2.05. The van der Waals surface area contributed by atoms with Gasteiger partial charge in [-0.1, -0.05) is 54.6 Å². The summed E-state index contributed by atoms with van der Waals surface area (Å²) in [6.45, 7) is 0.612. The number of anilines is 1. The molecule has 0 bridgehead atoms. The Morgan fingerprint density at radius 2 is 1.70 bits per heavy atom. The van der Waals surface area contributed by atoms with E-state index in [4.69, 9.17) is 17.0 Å². The summed E-state index contributed by atoms with van der Waals surface area (Å²) in [4.78, 5) is 0. The summed E-state index contributed by atoms with van der Waals surface area (Å²) >= 11 is 5.41. The Labute approximate surface area is 141 Å². The first kappa shape index (κ1) is 15.3. The fourth-order valence-electron chi connectivity index (χ4n) is 2.53. The van der Waals surface area contributed by atoms with Gasteiger partial charge in [-0.3, -0.25) is 0 Å². The number of thiocarbonyl (C=S) groups is 1. The molecule has 3 nitrogen and oxygen atoms in total. The highest BCUT2D eigenvalue weighted by molar-refractivity contribution is 7.80. The molecule has 0 aliphatic carbocycles. The van der Waals surface area contributed by atoms with Gasteiger partial charge in [0.1, 0.15) is 5.75 Å². The second-order valence-electron chi connectivity index (χ2n) is 5.15. The first-order valence-corrected chi connectivity index (χ1v) is 7.83. The van der Waals surface area contributed by atoms with E-state index in [2.05, 4.69) is 28.8 Å². The molecule has 0 heterocycles. The standard InChI is InChI=1S/C19H18N2OS/c1-22-18-12-5-3-8-15(18)13-20-19(23)21-17-11-6-9-14-7-2-4-10-16(14)17/h2-12H,13H2,1H3,(H2,20,21,23). The van der Waals surface area contributed by atoms with Crippen LogP contribution >= 0.6 is 12.2 Å². The zero-order valence-electron chi connectivity index (χ0n) is 12.9. The highest BCUT2D eigenvalue weighted by Crippen LogP contribution is 2.23. The third-order valence-corrected chi connectivity index (χ3v) is 3.92. The van der Waals surface area contributed by atoms with Crippen LogP contribution in [-0.2, 0) is 6.54 Å². The molecule has 3 rings (SSSR count). The van der Waals surface area contributed by atoms with Crippen molar-refractivity contribution in [2.24, 2.45) is 0 Å². The van der Waals surface area contributed by atoms with Gasteiger partial charge in [0.25, 0.3) is 0 Å². The molecule has 0 amide bonds. The van der Waals surface area contributed by atoms with E-state index in [1.807, 2.05) is 48.5 Å². The summed E-state index contributed by atoms with van der Waals surface area (Å²) in [6, 6.07) is 22.3. The number of benzene rings is 3. The Balaban J connectivity index is 1.69.